The number of likely N-dealkylation sites (tertiary alicyclic amines) is 1. The molecule has 2 rings (SSSR count). The Labute approximate surface area is 139 Å². The average Bonchev–Trinajstić information content (AvgIpc) is 2.55. The molecule has 0 unspecified atom stereocenters. The van der Waals surface area contributed by atoms with Crippen LogP contribution in [0.5, 0.6) is 11.5 Å². The molecular weight excluding hydrogens is 290 g/mol. The monoisotopic (exact) mass is 319 g/mol. The molecule has 2 N–H and O–H groups in total. The number of phenols is 1. The molecule has 0 aromatic heterocycles. The fourth-order valence-electron chi connectivity index (χ4n) is 2.74. The highest BCUT2D eigenvalue weighted by atomic mass is 16.5. The summed E-state index contributed by atoms with van der Waals surface area (Å²) >= 11 is 0. The highest BCUT2D eigenvalue weighted by Crippen LogP contribution is 2.27. The van der Waals surface area contributed by atoms with Crippen LogP contribution in [0.15, 0.2) is 23.2 Å². The van der Waals surface area contributed by atoms with E-state index in [0.29, 0.717) is 18.9 Å². The Morgan fingerprint density at radius 3 is 2.74 bits per heavy atom. The number of guanidine groups is 1. The predicted octanol–water partition coefficient (Wildman–Crippen LogP) is 2.99. The lowest BCUT2D eigenvalue weighted by molar-refractivity contribution is 0.273. The number of aromatic hydroxyl groups is 1. The molecule has 0 amide bonds. The van der Waals surface area contributed by atoms with Gasteiger partial charge in [-0.1, -0.05) is 13.0 Å². The van der Waals surface area contributed by atoms with Crippen LogP contribution in [-0.2, 0) is 6.54 Å². The summed E-state index contributed by atoms with van der Waals surface area (Å²) in [5.74, 6) is 2.49. The molecule has 5 nitrogen and oxygen atoms in total. The van der Waals surface area contributed by atoms with Crippen LogP contribution in [0.3, 0.4) is 0 Å². The van der Waals surface area contributed by atoms with Gasteiger partial charge in [0.15, 0.2) is 17.5 Å². The highest BCUT2D eigenvalue weighted by molar-refractivity contribution is 5.80. The van der Waals surface area contributed by atoms with Crippen molar-refractivity contribution in [2.24, 2.45) is 10.9 Å². The quantitative estimate of drug-likeness (QED) is 0.647. The number of piperidine rings is 1. The van der Waals surface area contributed by atoms with E-state index in [4.69, 9.17) is 9.73 Å². The van der Waals surface area contributed by atoms with Gasteiger partial charge >= 0.3 is 0 Å². The largest absolute Gasteiger partial charge is 0.504 e. The Bertz CT molecular complexity index is 523. The lowest BCUT2D eigenvalue weighted by Crippen LogP contribution is -2.45. The van der Waals surface area contributed by atoms with E-state index in [-0.39, 0.29) is 5.75 Å². The summed E-state index contributed by atoms with van der Waals surface area (Å²) < 4.78 is 5.44. The molecule has 0 bridgehead atoms. The summed E-state index contributed by atoms with van der Waals surface area (Å²) in [6.45, 7) is 10.4. The van der Waals surface area contributed by atoms with Crippen LogP contribution in [0.2, 0.25) is 0 Å². The molecule has 5 heteroatoms. The molecule has 1 fully saturated rings. The molecule has 1 aliphatic heterocycles. The molecular formula is C18H29N3O2. The van der Waals surface area contributed by atoms with Gasteiger partial charge < -0.3 is 20.1 Å². The van der Waals surface area contributed by atoms with Gasteiger partial charge in [0, 0.05) is 19.6 Å². The maximum absolute atomic E-state index is 9.77. The van der Waals surface area contributed by atoms with Crippen LogP contribution >= 0.6 is 0 Å². The standard InChI is InChI=1S/C18H29N3O2/c1-4-19-18(21-10-8-14(3)9-11-21)20-13-15-6-7-16(22)17(12-15)23-5-2/h6-7,12,14,22H,4-5,8-11,13H2,1-3H3,(H,19,20). The van der Waals surface area contributed by atoms with E-state index in [0.717, 1.165) is 37.1 Å². The van der Waals surface area contributed by atoms with E-state index < -0.39 is 0 Å². The van der Waals surface area contributed by atoms with E-state index in [2.05, 4.69) is 24.1 Å². The summed E-state index contributed by atoms with van der Waals surface area (Å²) in [5, 5.41) is 13.2. The van der Waals surface area contributed by atoms with Gasteiger partial charge in [-0.05, 0) is 50.3 Å². The van der Waals surface area contributed by atoms with Gasteiger partial charge in [0.25, 0.3) is 0 Å². The van der Waals surface area contributed by atoms with E-state index in [1.807, 2.05) is 19.1 Å². The molecule has 0 radical (unpaired) electrons. The molecule has 0 atom stereocenters. The van der Waals surface area contributed by atoms with Crippen LogP contribution < -0.4 is 10.1 Å². The number of phenolic OH excluding ortho intramolecular Hbond substituents is 1. The number of ether oxygens (including phenoxy) is 1. The van der Waals surface area contributed by atoms with Gasteiger partial charge in [0.2, 0.25) is 0 Å². The normalized spacial score (nSPS) is 16.5. The van der Waals surface area contributed by atoms with Crippen molar-refractivity contribution in [2.45, 2.75) is 40.2 Å². The summed E-state index contributed by atoms with van der Waals surface area (Å²) in [4.78, 5) is 7.10. The SMILES string of the molecule is CCNC(=NCc1ccc(O)c(OCC)c1)N1CCC(C)CC1. The second-order valence-electron chi connectivity index (χ2n) is 6.07. The minimum absolute atomic E-state index is 0.177. The van der Waals surface area contributed by atoms with Crippen molar-refractivity contribution >= 4 is 5.96 Å². The van der Waals surface area contributed by atoms with E-state index >= 15 is 0 Å². The topological polar surface area (TPSA) is 57.1 Å². The van der Waals surface area contributed by atoms with E-state index in [9.17, 15) is 5.11 Å². The summed E-state index contributed by atoms with van der Waals surface area (Å²) in [5.41, 5.74) is 1.03. The van der Waals surface area contributed by atoms with Crippen LogP contribution in [0, 0.1) is 5.92 Å². The number of aliphatic imine (C=N–C) groups is 1. The van der Waals surface area contributed by atoms with Gasteiger partial charge in [0.05, 0.1) is 13.2 Å². The molecule has 1 aromatic carbocycles. The van der Waals surface area contributed by atoms with Crippen molar-refractivity contribution in [3.05, 3.63) is 23.8 Å². The molecule has 0 spiro atoms. The molecule has 23 heavy (non-hydrogen) atoms. The van der Waals surface area contributed by atoms with Gasteiger partial charge in [-0.3, -0.25) is 0 Å². The van der Waals surface area contributed by atoms with Crippen LogP contribution in [-0.4, -0.2) is 42.2 Å². The van der Waals surface area contributed by atoms with Crippen molar-refractivity contribution in [1.29, 1.82) is 0 Å². The maximum Gasteiger partial charge on any atom is 0.194 e. The van der Waals surface area contributed by atoms with Gasteiger partial charge in [0.1, 0.15) is 0 Å². The van der Waals surface area contributed by atoms with Crippen molar-refractivity contribution in [3.63, 3.8) is 0 Å². The zero-order chi connectivity index (χ0) is 16.7. The summed E-state index contributed by atoms with van der Waals surface area (Å²) in [7, 11) is 0. The predicted molar refractivity (Wildman–Crippen MR) is 94.1 cm³/mol. The van der Waals surface area contributed by atoms with Crippen LogP contribution in [0.25, 0.3) is 0 Å². The number of nitrogens with zero attached hydrogens (tertiary/aromatic N) is 2. The average molecular weight is 319 g/mol. The molecule has 0 saturated carbocycles. The number of benzene rings is 1. The maximum atomic E-state index is 9.77. The number of rotatable bonds is 5. The Balaban J connectivity index is 2.06. The zero-order valence-electron chi connectivity index (χ0n) is 14.5. The smallest absolute Gasteiger partial charge is 0.194 e. The Kier molecular flexibility index (Phi) is 6.56. The first-order chi connectivity index (χ1) is 11.1. The fraction of sp³-hybridized carbons (Fsp3) is 0.611. The highest BCUT2D eigenvalue weighted by Gasteiger charge is 2.18. The molecule has 1 heterocycles. The van der Waals surface area contributed by atoms with Crippen molar-refractivity contribution in [1.82, 2.24) is 10.2 Å². The van der Waals surface area contributed by atoms with Gasteiger partial charge in [-0.15, -0.1) is 0 Å². The van der Waals surface area contributed by atoms with Crippen molar-refractivity contribution in [2.75, 3.05) is 26.2 Å². The molecule has 0 aliphatic carbocycles. The Hall–Kier alpha value is -1.91. The molecule has 128 valence electrons. The number of hydrogen-bond donors (Lipinski definition) is 2. The third-order valence-electron chi connectivity index (χ3n) is 4.15. The van der Waals surface area contributed by atoms with Crippen LogP contribution in [0.1, 0.15) is 39.2 Å². The van der Waals surface area contributed by atoms with Crippen LogP contribution in [0.4, 0.5) is 0 Å². The second kappa shape index (κ2) is 8.65. The minimum atomic E-state index is 0.177. The lowest BCUT2D eigenvalue weighted by Gasteiger charge is -2.33. The van der Waals surface area contributed by atoms with Crippen molar-refractivity contribution < 1.29 is 9.84 Å². The first-order valence-electron chi connectivity index (χ1n) is 8.62. The molecule has 1 aliphatic rings. The van der Waals surface area contributed by atoms with Gasteiger partial charge in [-0.2, -0.15) is 0 Å². The van der Waals surface area contributed by atoms with E-state index in [1.165, 1.54) is 12.8 Å². The lowest BCUT2D eigenvalue weighted by atomic mass is 10.00. The molecule has 1 saturated heterocycles. The molecule has 1 aromatic rings. The summed E-state index contributed by atoms with van der Waals surface area (Å²) in [6.07, 6.45) is 2.44. The first-order valence-corrected chi connectivity index (χ1v) is 8.62. The van der Waals surface area contributed by atoms with Gasteiger partial charge in [-0.25, -0.2) is 4.99 Å². The van der Waals surface area contributed by atoms with Crippen molar-refractivity contribution in [3.8, 4) is 11.5 Å². The first kappa shape index (κ1) is 17.4. The summed E-state index contributed by atoms with van der Waals surface area (Å²) in [6, 6.07) is 5.43. The fourth-order valence-corrected chi connectivity index (χ4v) is 2.74. The third-order valence-corrected chi connectivity index (χ3v) is 4.15. The van der Waals surface area contributed by atoms with E-state index in [1.54, 1.807) is 6.07 Å². The minimum Gasteiger partial charge on any atom is -0.504 e. The zero-order valence-corrected chi connectivity index (χ0v) is 14.5. The Morgan fingerprint density at radius 2 is 2.09 bits per heavy atom. The number of hydrogen-bond acceptors (Lipinski definition) is 3. The Morgan fingerprint density at radius 1 is 1.35 bits per heavy atom. The third kappa shape index (κ3) is 5.05. The number of nitrogens with one attached hydrogen (secondary N) is 1. The second-order valence-corrected chi connectivity index (χ2v) is 6.07.